The molecule has 5 heterocycles. The molecule has 3 aromatic rings. The van der Waals surface area contributed by atoms with Crippen molar-refractivity contribution in [2.24, 2.45) is 10.9 Å². The first-order valence-electron chi connectivity index (χ1n) is 14.5. The summed E-state index contributed by atoms with van der Waals surface area (Å²) in [5, 5.41) is 7.04. The van der Waals surface area contributed by atoms with Gasteiger partial charge in [0, 0.05) is 73.4 Å². The van der Waals surface area contributed by atoms with Gasteiger partial charge < -0.3 is 19.0 Å². The number of dihydropyridines is 1. The van der Waals surface area contributed by atoms with Crippen LogP contribution in [0.15, 0.2) is 39.5 Å². The number of alkyl halides is 3. The van der Waals surface area contributed by atoms with E-state index in [4.69, 9.17) is 9.26 Å². The first-order valence-corrected chi connectivity index (χ1v) is 14.5. The summed E-state index contributed by atoms with van der Waals surface area (Å²) in [5.74, 6) is -0.470. The second kappa shape index (κ2) is 12.2. The predicted molar refractivity (Wildman–Crippen MR) is 159 cm³/mol. The highest BCUT2D eigenvalue weighted by Gasteiger charge is 2.34. The van der Waals surface area contributed by atoms with Gasteiger partial charge in [0.2, 0.25) is 5.90 Å². The number of fused-ring (bicyclic) bond motifs is 1. The number of aliphatic imine (C=N–C) groups is 1. The molecule has 10 nitrogen and oxygen atoms in total. The third-order valence-corrected chi connectivity index (χ3v) is 8.65. The van der Waals surface area contributed by atoms with Gasteiger partial charge in [-0.1, -0.05) is 10.7 Å². The van der Waals surface area contributed by atoms with E-state index in [9.17, 15) is 22.8 Å². The van der Waals surface area contributed by atoms with Crippen LogP contribution < -0.4 is 5.32 Å². The van der Waals surface area contributed by atoms with Crippen molar-refractivity contribution >= 4 is 23.2 Å². The zero-order valence-corrected chi connectivity index (χ0v) is 25.7. The Morgan fingerprint density at radius 3 is 2.48 bits per heavy atom. The number of nitrogens with one attached hydrogen (secondary N) is 1. The maximum atomic E-state index is 13.8. The molecule has 236 valence electrons. The topological polar surface area (TPSA) is 105 Å². The van der Waals surface area contributed by atoms with Crippen molar-refractivity contribution < 1.29 is 32.0 Å². The number of aromatic nitrogens is 2. The van der Waals surface area contributed by atoms with Gasteiger partial charge in [0.15, 0.2) is 0 Å². The fourth-order valence-corrected chi connectivity index (χ4v) is 6.28. The van der Waals surface area contributed by atoms with Gasteiger partial charge >= 0.3 is 6.18 Å². The van der Waals surface area contributed by atoms with E-state index in [-0.39, 0.29) is 43.4 Å². The van der Waals surface area contributed by atoms with Crippen LogP contribution in [0.25, 0.3) is 16.6 Å². The number of hydrogen-bond donors (Lipinski definition) is 1. The summed E-state index contributed by atoms with van der Waals surface area (Å²) < 4.78 is 51.6. The number of amides is 2. The molecule has 0 saturated carbocycles. The Hall–Kier alpha value is -3.97. The van der Waals surface area contributed by atoms with Crippen LogP contribution in [-0.4, -0.2) is 89.6 Å². The molecule has 2 aliphatic rings. The lowest BCUT2D eigenvalue weighted by atomic mass is 9.96. The first kappa shape index (κ1) is 31.5. The summed E-state index contributed by atoms with van der Waals surface area (Å²) >= 11 is 0. The minimum atomic E-state index is -4.24. The molecule has 44 heavy (non-hydrogen) atoms. The fraction of sp³-hybridized carbons (Fsp3) is 0.484. The van der Waals surface area contributed by atoms with Gasteiger partial charge in [-0.05, 0) is 52.3 Å². The smallest absolute Gasteiger partial charge is 0.401 e. The average Bonchev–Trinajstić information content (AvgIpc) is 3.52. The molecule has 1 unspecified atom stereocenters. The van der Waals surface area contributed by atoms with Gasteiger partial charge in [0.25, 0.3) is 11.8 Å². The monoisotopic (exact) mass is 614 g/mol. The molecule has 2 aliphatic heterocycles. The predicted octanol–water partition coefficient (Wildman–Crippen LogP) is 4.64. The Balaban J connectivity index is 1.50. The summed E-state index contributed by atoms with van der Waals surface area (Å²) in [4.78, 5) is 33.9. The largest absolute Gasteiger partial charge is 0.481 e. The summed E-state index contributed by atoms with van der Waals surface area (Å²) in [7, 11) is 1.44. The van der Waals surface area contributed by atoms with Crippen molar-refractivity contribution in [3.05, 3.63) is 58.3 Å². The molecular formula is C31H37F3N6O4. The molecule has 0 aliphatic carbocycles. The highest BCUT2D eigenvalue weighted by molar-refractivity contribution is 6.03. The number of hydrogen-bond acceptors (Lipinski definition) is 7. The summed E-state index contributed by atoms with van der Waals surface area (Å²) in [6, 6.07) is 3.58. The standard InChI is InChI=1S/C31H37F3N6O4/c1-17-13-26(43-6)36-30(42)24(17)15-35-29(41)23-14-25-22(27-19(3)37-44-21(27)5)7-8-40(25)28(18(23)2)20(4)39-11-9-38(10-12-39)16-31(32,33)34/h7-8,13-14,20,24H,9-12,15-16H2,1-6H3,(H,35,41)/t20-,24?/m0/s1. The number of methoxy groups -OCH3 is 1. The average molecular weight is 615 g/mol. The summed E-state index contributed by atoms with van der Waals surface area (Å²) in [5.41, 5.74) is 5.94. The Morgan fingerprint density at radius 1 is 1.18 bits per heavy atom. The number of rotatable bonds is 7. The molecule has 1 saturated heterocycles. The van der Waals surface area contributed by atoms with Gasteiger partial charge in [0.1, 0.15) is 5.76 Å². The van der Waals surface area contributed by atoms with Crippen molar-refractivity contribution in [3.8, 4) is 11.1 Å². The molecule has 0 spiro atoms. The summed E-state index contributed by atoms with van der Waals surface area (Å²) in [6.45, 7) is 9.99. The van der Waals surface area contributed by atoms with E-state index in [1.165, 1.54) is 12.0 Å². The molecule has 13 heteroatoms. The van der Waals surface area contributed by atoms with Crippen molar-refractivity contribution in [2.75, 3.05) is 46.4 Å². The first-order chi connectivity index (χ1) is 20.8. The van der Waals surface area contributed by atoms with Crippen LogP contribution in [0, 0.1) is 26.7 Å². The minimum Gasteiger partial charge on any atom is -0.481 e. The second-order valence-corrected chi connectivity index (χ2v) is 11.5. The van der Waals surface area contributed by atoms with Gasteiger partial charge in [0.05, 0.1) is 30.8 Å². The van der Waals surface area contributed by atoms with Gasteiger partial charge in [-0.15, -0.1) is 0 Å². The van der Waals surface area contributed by atoms with E-state index >= 15 is 0 Å². The molecule has 0 bridgehead atoms. The summed E-state index contributed by atoms with van der Waals surface area (Å²) in [6.07, 6.45) is -0.621. The van der Waals surface area contributed by atoms with Crippen molar-refractivity contribution in [2.45, 2.75) is 46.8 Å². The lowest BCUT2D eigenvalue weighted by Crippen LogP contribution is -2.50. The van der Waals surface area contributed by atoms with Gasteiger partial charge in [-0.3, -0.25) is 19.4 Å². The Kier molecular flexibility index (Phi) is 8.72. The fourth-order valence-electron chi connectivity index (χ4n) is 6.28. The Labute approximate surface area is 253 Å². The van der Waals surface area contributed by atoms with Crippen molar-refractivity contribution in [1.29, 1.82) is 0 Å². The van der Waals surface area contributed by atoms with Crippen LogP contribution in [0.3, 0.4) is 0 Å². The van der Waals surface area contributed by atoms with Crippen molar-refractivity contribution in [1.82, 2.24) is 24.7 Å². The van der Waals surface area contributed by atoms with Crippen LogP contribution in [0.5, 0.6) is 0 Å². The van der Waals surface area contributed by atoms with E-state index < -0.39 is 18.6 Å². The molecule has 2 atom stereocenters. The highest BCUT2D eigenvalue weighted by Crippen LogP contribution is 2.36. The molecule has 1 fully saturated rings. The quantitative estimate of drug-likeness (QED) is 0.414. The molecular weight excluding hydrogens is 577 g/mol. The second-order valence-electron chi connectivity index (χ2n) is 11.5. The minimum absolute atomic E-state index is 0.0644. The zero-order chi connectivity index (χ0) is 31.9. The van der Waals surface area contributed by atoms with Crippen molar-refractivity contribution in [3.63, 3.8) is 0 Å². The van der Waals surface area contributed by atoms with Crippen LogP contribution in [-0.2, 0) is 9.53 Å². The molecule has 2 amide bonds. The number of pyridine rings is 1. The number of ether oxygens (including phenoxy) is 1. The van der Waals surface area contributed by atoms with E-state index in [0.717, 1.165) is 33.5 Å². The maximum absolute atomic E-state index is 13.8. The van der Waals surface area contributed by atoms with Crippen LogP contribution in [0.4, 0.5) is 13.2 Å². The van der Waals surface area contributed by atoms with Crippen LogP contribution in [0.2, 0.25) is 0 Å². The van der Waals surface area contributed by atoms with E-state index in [0.29, 0.717) is 30.1 Å². The van der Waals surface area contributed by atoms with E-state index in [1.807, 2.05) is 50.4 Å². The lowest BCUT2D eigenvalue weighted by molar-refractivity contribution is -0.149. The third-order valence-electron chi connectivity index (χ3n) is 8.65. The van der Waals surface area contributed by atoms with Gasteiger partial charge in [-0.2, -0.15) is 18.2 Å². The number of piperazine rings is 1. The Bertz CT molecular complexity index is 1630. The number of halogens is 3. The molecule has 0 aromatic carbocycles. The number of carbonyl (C=O) groups is 2. The van der Waals surface area contributed by atoms with E-state index in [1.54, 1.807) is 13.0 Å². The highest BCUT2D eigenvalue weighted by atomic mass is 19.4. The Morgan fingerprint density at radius 2 is 1.89 bits per heavy atom. The maximum Gasteiger partial charge on any atom is 0.401 e. The molecule has 1 N–H and O–H groups in total. The lowest BCUT2D eigenvalue weighted by Gasteiger charge is -2.39. The number of carbonyl (C=O) groups excluding carboxylic acids is 2. The molecule has 5 rings (SSSR count). The SMILES string of the molecule is COC1=NC(=O)C(CNC(=O)c2cc3c(-c4c(C)noc4C)ccn3c([C@H](C)N3CCN(CC(F)(F)F)CC3)c2C)C(C)=C1. The zero-order valence-electron chi connectivity index (χ0n) is 25.7. The number of nitrogens with zero attached hydrogens (tertiary/aromatic N) is 5. The molecule has 3 aromatic heterocycles. The van der Waals surface area contributed by atoms with Gasteiger partial charge in [-0.25, -0.2) is 0 Å². The van der Waals surface area contributed by atoms with E-state index in [2.05, 4.69) is 20.4 Å². The number of aryl methyl sites for hydroxylation is 2. The van der Waals surface area contributed by atoms with Crippen LogP contribution >= 0.6 is 0 Å². The van der Waals surface area contributed by atoms with Crippen LogP contribution in [0.1, 0.15) is 53.0 Å². The third kappa shape index (κ3) is 6.16. The normalized spacial score (nSPS) is 19.2. The molecule has 0 radical (unpaired) electrons.